The van der Waals surface area contributed by atoms with Gasteiger partial charge in [-0.25, -0.2) is 9.97 Å². The molecule has 0 fully saturated rings. The molecular formula is C21H25BN6O. The zero-order chi connectivity index (χ0) is 20.7. The van der Waals surface area contributed by atoms with Crippen molar-refractivity contribution in [2.24, 2.45) is 7.05 Å². The number of benzene rings is 1. The van der Waals surface area contributed by atoms with Gasteiger partial charge in [-0.05, 0) is 36.7 Å². The van der Waals surface area contributed by atoms with E-state index in [4.69, 9.17) is 4.98 Å². The van der Waals surface area contributed by atoms with Gasteiger partial charge in [0.15, 0.2) is 0 Å². The average Bonchev–Trinajstić information content (AvgIpc) is 3.28. The second-order valence-electron chi connectivity index (χ2n) is 7.61. The number of amides is 1. The number of rotatable bonds is 5. The normalized spacial score (nSPS) is 12.4. The largest absolute Gasteiger partial charge is 0.408 e. The van der Waals surface area contributed by atoms with Crippen molar-refractivity contribution in [2.75, 3.05) is 11.9 Å². The number of aromatic amines is 1. The van der Waals surface area contributed by atoms with E-state index in [1.165, 1.54) is 0 Å². The molecule has 3 aromatic heterocycles. The van der Waals surface area contributed by atoms with Crippen molar-refractivity contribution in [3.8, 4) is 11.3 Å². The van der Waals surface area contributed by atoms with Gasteiger partial charge >= 0.3 is 0 Å². The summed E-state index contributed by atoms with van der Waals surface area (Å²) in [5, 5.41) is 4.06. The zero-order valence-corrected chi connectivity index (χ0v) is 17.4. The Morgan fingerprint density at radius 2 is 2.17 bits per heavy atom. The zero-order valence-electron chi connectivity index (χ0n) is 17.4. The number of pyridine rings is 1. The molecule has 0 aliphatic heterocycles. The first-order valence-electron chi connectivity index (χ1n) is 9.77. The summed E-state index contributed by atoms with van der Waals surface area (Å²) in [4.78, 5) is 26.4. The summed E-state index contributed by atoms with van der Waals surface area (Å²) >= 11 is 0. The standard InChI is InChI=1S/C21H25BN6O/c1-5-16(24-12(2)29)13-7-6-8-14(9-13)17-10-15-19-18(23-11-27(19)3)21(28(4)22)26-20(15)25-17/h6-11,16H,5,22H2,1-4H3,(H,24,29)(H,25,26). The van der Waals surface area contributed by atoms with Crippen molar-refractivity contribution >= 4 is 41.8 Å². The molecule has 0 saturated carbocycles. The maximum atomic E-state index is 11.5. The third-order valence-corrected chi connectivity index (χ3v) is 5.23. The maximum Gasteiger partial charge on any atom is 0.219 e. The number of nitrogens with one attached hydrogen (secondary N) is 2. The number of carbonyl (C=O) groups excluding carboxylic acids is 1. The molecule has 0 spiro atoms. The number of H-pyrrole nitrogens is 1. The van der Waals surface area contributed by atoms with E-state index in [0.29, 0.717) is 0 Å². The predicted octanol–water partition coefficient (Wildman–Crippen LogP) is 2.69. The number of anilines is 1. The van der Waals surface area contributed by atoms with Crippen molar-refractivity contribution in [2.45, 2.75) is 26.3 Å². The van der Waals surface area contributed by atoms with Crippen molar-refractivity contribution in [3.05, 3.63) is 42.2 Å². The van der Waals surface area contributed by atoms with Crippen LogP contribution in [0.3, 0.4) is 0 Å². The van der Waals surface area contributed by atoms with Crippen LogP contribution in [0.5, 0.6) is 0 Å². The van der Waals surface area contributed by atoms with Gasteiger partial charge < -0.3 is 19.7 Å². The van der Waals surface area contributed by atoms with Gasteiger partial charge in [-0.1, -0.05) is 25.1 Å². The fourth-order valence-corrected chi connectivity index (χ4v) is 3.84. The summed E-state index contributed by atoms with van der Waals surface area (Å²) in [6.45, 7) is 3.62. The van der Waals surface area contributed by atoms with E-state index in [0.717, 1.165) is 51.1 Å². The Morgan fingerprint density at radius 3 is 2.86 bits per heavy atom. The van der Waals surface area contributed by atoms with E-state index in [1.54, 1.807) is 6.92 Å². The fourth-order valence-electron chi connectivity index (χ4n) is 3.84. The molecular weight excluding hydrogens is 363 g/mol. The topological polar surface area (TPSA) is 78.8 Å². The van der Waals surface area contributed by atoms with Crippen LogP contribution in [-0.4, -0.2) is 40.5 Å². The second-order valence-corrected chi connectivity index (χ2v) is 7.61. The van der Waals surface area contributed by atoms with Gasteiger partial charge in [0.25, 0.3) is 0 Å². The van der Waals surface area contributed by atoms with Gasteiger partial charge in [0.05, 0.1) is 17.9 Å². The third-order valence-electron chi connectivity index (χ3n) is 5.23. The molecule has 2 N–H and O–H groups in total. The molecule has 0 bridgehead atoms. The van der Waals surface area contributed by atoms with E-state index >= 15 is 0 Å². The summed E-state index contributed by atoms with van der Waals surface area (Å²) in [5.41, 5.74) is 5.92. The van der Waals surface area contributed by atoms with Gasteiger partial charge in [-0.3, -0.25) is 4.79 Å². The lowest BCUT2D eigenvalue weighted by Crippen LogP contribution is -2.25. The Morgan fingerprint density at radius 1 is 1.38 bits per heavy atom. The minimum absolute atomic E-state index is 0.000854. The van der Waals surface area contributed by atoms with Crippen LogP contribution in [-0.2, 0) is 11.8 Å². The highest BCUT2D eigenvalue weighted by Crippen LogP contribution is 2.33. The van der Waals surface area contributed by atoms with Crippen molar-refractivity contribution in [1.29, 1.82) is 0 Å². The smallest absolute Gasteiger partial charge is 0.219 e. The molecule has 1 unspecified atom stereocenters. The van der Waals surface area contributed by atoms with E-state index in [-0.39, 0.29) is 11.9 Å². The number of aromatic nitrogens is 4. The fraction of sp³-hybridized carbons (Fsp3) is 0.286. The molecule has 29 heavy (non-hydrogen) atoms. The molecule has 3 heterocycles. The highest BCUT2D eigenvalue weighted by Gasteiger charge is 2.17. The number of imidazole rings is 1. The van der Waals surface area contributed by atoms with E-state index < -0.39 is 0 Å². The van der Waals surface area contributed by atoms with E-state index in [9.17, 15) is 4.79 Å². The SMILES string of the molecule is BN(C)c1nc2[nH]c(-c3cccc(C(CC)NC(C)=O)c3)cc2c2c1ncn2C. The molecule has 0 radical (unpaired) electrons. The monoisotopic (exact) mass is 388 g/mol. The molecule has 0 saturated heterocycles. The number of fused-ring (bicyclic) bond motifs is 3. The number of hydrogen-bond acceptors (Lipinski definition) is 4. The Hall–Kier alpha value is -3.29. The molecule has 1 atom stereocenters. The minimum atomic E-state index is -0.0214. The van der Waals surface area contributed by atoms with Gasteiger partial charge in [-0.15, -0.1) is 0 Å². The van der Waals surface area contributed by atoms with Gasteiger partial charge in [0.2, 0.25) is 13.9 Å². The predicted molar refractivity (Wildman–Crippen MR) is 120 cm³/mol. The molecule has 4 rings (SSSR count). The first kappa shape index (κ1) is 19.0. The molecule has 8 heteroatoms. The first-order chi connectivity index (χ1) is 13.9. The summed E-state index contributed by atoms with van der Waals surface area (Å²) < 4.78 is 2.03. The second kappa shape index (κ2) is 7.27. The van der Waals surface area contributed by atoms with Crippen LogP contribution in [0.4, 0.5) is 5.82 Å². The van der Waals surface area contributed by atoms with Crippen LogP contribution in [0, 0.1) is 0 Å². The average molecular weight is 388 g/mol. The van der Waals surface area contributed by atoms with E-state index in [2.05, 4.69) is 46.5 Å². The van der Waals surface area contributed by atoms with Crippen molar-refractivity contribution in [1.82, 2.24) is 24.8 Å². The molecule has 4 aromatic rings. The number of nitrogens with zero attached hydrogens (tertiary/aromatic N) is 4. The van der Waals surface area contributed by atoms with Crippen LogP contribution < -0.4 is 10.1 Å². The Balaban J connectivity index is 1.85. The van der Waals surface area contributed by atoms with Crippen molar-refractivity contribution in [3.63, 3.8) is 0 Å². The quantitative estimate of drug-likeness (QED) is 0.516. The van der Waals surface area contributed by atoms with Crippen LogP contribution in [0.2, 0.25) is 0 Å². The van der Waals surface area contributed by atoms with Crippen molar-refractivity contribution < 1.29 is 4.79 Å². The maximum absolute atomic E-state index is 11.5. The van der Waals surface area contributed by atoms with E-state index in [1.807, 2.05) is 43.8 Å². The van der Waals surface area contributed by atoms with Crippen LogP contribution in [0.15, 0.2) is 36.7 Å². The van der Waals surface area contributed by atoms with Gasteiger partial charge in [0, 0.05) is 25.1 Å². The lowest BCUT2D eigenvalue weighted by molar-refractivity contribution is -0.119. The van der Waals surface area contributed by atoms with Crippen LogP contribution >= 0.6 is 0 Å². The summed E-state index contributed by atoms with van der Waals surface area (Å²) in [5.74, 6) is 0.818. The summed E-state index contributed by atoms with van der Waals surface area (Å²) in [7, 11) is 5.95. The van der Waals surface area contributed by atoms with Gasteiger partial charge in [-0.2, -0.15) is 0 Å². The number of carbonyl (C=O) groups is 1. The summed E-state index contributed by atoms with van der Waals surface area (Å²) in [6, 6.07) is 10.4. The number of hydrogen-bond donors (Lipinski definition) is 2. The minimum Gasteiger partial charge on any atom is -0.408 e. The third kappa shape index (κ3) is 3.35. The van der Waals surface area contributed by atoms with Gasteiger partial charge in [0.1, 0.15) is 17.0 Å². The highest BCUT2D eigenvalue weighted by molar-refractivity contribution is 6.20. The molecule has 1 aromatic carbocycles. The molecule has 1 amide bonds. The Kier molecular flexibility index (Phi) is 4.78. The molecule has 0 aliphatic rings. The lowest BCUT2D eigenvalue weighted by Gasteiger charge is -2.17. The lowest BCUT2D eigenvalue weighted by atomic mass is 10.0. The number of aryl methyl sites for hydroxylation is 1. The first-order valence-corrected chi connectivity index (χ1v) is 9.77. The molecule has 7 nitrogen and oxygen atoms in total. The highest BCUT2D eigenvalue weighted by atomic mass is 16.1. The summed E-state index contributed by atoms with van der Waals surface area (Å²) in [6.07, 6.45) is 2.66. The Labute approximate surface area is 170 Å². The Bertz CT molecular complexity index is 1210. The molecule has 148 valence electrons. The molecule has 0 aliphatic carbocycles. The van der Waals surface area contributed by atoms with Crippen LogP contribution in [0.25, 0.3) is 33.3 Å². The van der Waals surface area contributed by atoms with Crippen LogP contribution in [0.1, 0.15) is 31.9 Å².